The minimum atomic E-state index is -3.50. The third-order valence-corrected chi connectivity index (χ3v) is 5.63. The molecule has 0 unspecified atom stereocenters. The number of halogens is 3. The summed E-state index contributed by atoms with van der Waals surface area (Å²) >= 11 is 16.0. The zero-order valence-electron chi connectivity index (χ0n) is 21.9. The minimum absolute atomic E-state index is 0.0442. The van der Waals surface area contributed by atoms with Crippen LogP contribution in [0.2, 0.25) is 0 Å². The van der Waals surface area contributed by atoms with E-state index >= 15 is 0 Å². The fourth-order valence-electron chi connectivity index (χ4n) is 1.50. The summed E-state index contributed by atoms with van der Waals surface area (Å²) in [6, 6.07) is 0. The molecule has 0 aromatic carbocycles. The number of alkyl halides is 2. The Labute approximate surface area is 238 Å². The molecular weight excluding hydrogens is 599 g/mol. The highest BCUT2D eigenvalue weighted by Crippen LogP contribution is 2.00. The average molecular weight is 638 g/mol. The van der Waals surface area contributed by atoms with Crippen LogP contribution in [0.25, 0.3) is 0 Å². The SMILES string of the molecule is CC(C)OC(=O)CCl.CC(C)OC(=O)CS(=O)(=O)CCO.CC(C)OC(=O)CSCCO.O=C(Cl)CCl. The highest BCUT2D eigenvalue weighted by Gasteiger charge is 2.17. The van der Waals surface area contributed by atoms with Crippen LogP contribution < -0.4 is 0 Å². The van der Waals surface area contributed by atoms with Crippen LogP contribution in [0.4, 0.5) is 0 Å². The summed E-state index contributed by atoms with van der Waals surface area (Å²) < 4.78 is 36.0. The number of ether oxygens (including phenoxy) is 3. The van der Waals surface area contributed by atoms with Crippen molar-refractivity contribution in [2.75, 3.05) is 48.0 Å². The van der Waals surface area contributed by atoms with E-state index in [0.29, 0.717) is 11.5 Å². The number of aliphatic hydroxyl groups is 2. The first-order valence-corrected chi connectivity index (χ1v) is 15.3. The molecule has 0 aromatic heterocycles. The average Bonchev–Trinajstić information content (AvgIpc) is 2.73. The first-order valence-electron chi connectivity index (χ1n) is 10.9. The first kappa shape index (κ1) is 43.2. The first-order chi connectivity index (χ1) is 17.0. The lowest BCUT2D eigenvalue weighted by atomic mass is 10.5. The minimum Gasteiger partial charge on any atom is -0.462 e. The molecule has 0 radical (unpaired) electrons. The van der Waals surface area contributed by atoms with Crippen LogP contribution in [0.5, 0.6) is 0 Å². The van der Waals surface area contributed by atoms with E-state index in [1.54, 1.807) is 27.7 Å². The zero-order chi connectivity index (χ0) is 30.0. The van der Waals surface area contributed by atoms with Crippen molar-refractivity contribution in [1.82, 2.24) is 0 Å². The lowest BCUT2D eigenvalue weighted by molar-refractivity contribution is -0.145. The number of carbonyl (C=O) groups excluding carboxylic acids is 4. The van der Waals surface area contributed by atoms with Gasteiger partial charge in [-0.1, -0.05) is 0 Å². The smallest absolute Gasteiger partial charge is 0.321 e. The summed E-state index contributed by atoms with van der Waals surface area (Å²) in [5.74, 6) is -1.64. The van der Waals surface area contributed by atoms with Crippen molar-refractivity contribution < 1.29 is 52.0 Å². The number of hydrogen-bond acceptors (Lipinski definition) is 12. The Morgan fingerprint density at radius 1 is 0.757 bits per heavy atom. The van der Waals surface area contributed by atoms with Crippen LogP contribution in [0.1, 0.15) is 41.5 Å². The molecule has 0 spiro atoms. The molecular formula is C21H39Cl3O11S2. The second kappa shape index (κ2) is 28.2. The lowest BCUT2D eigenvalue weighted by Gasteiger charge is -2.07. The molecule has 0 heterocycles. The van der Waals surface area contributed by atoms with E-state index in [1.165, 1.54) is 11.8 Å². The summed E-state index contributed by atoms with van der Waals surface area (Å²) in [5, 5.41) is 16.2. The Balaban J connectivity index is -0.000000206. The normalized spacial score (nSPS) is 10.2. The molecule has 0 atom stereocenters. The summed E-state index contributed by atoms with van der Waals surface area (Å²) in [7, 11) is -3.50. The molecule has 0 saturated carbocycles. The number of hydrogen-bond donors (Lipinski definition) is 2. The van der Waals surface area contributed by atoms with Gasteiger partial charge in [0.2, 0.25) is 5.24 Å². The van der Waals surface area contributed by atoms with E-state index in [-0.39, 0.29) is 48.6 Å². The largest absolute Gasteiger partial charge is 0.462 e. The van der Waals surface area contributed by atoms with Crippen LogP contribution in [0, 0.1) is 0 Å². The molecule has 0 saturated heterocycles. The highest BCUT2D eigenvalue weighted by atomic mass is 35.5. The van der Waals surface area contributed by atoms with Gasteiger partial charge < -0.3 is 24.4 Å². The molecule has 0 aliphatic carbocycles. The fraction of sp³-hybridized carbons (Fsp3) is 0.810. The number of carbonyl (C=O) groups is 4. The van der Waals surface area contributed by atoms with Crippen molar-refractivity contribution in [2.45, 2.75) is 59.9 Å². The predicted molar refractivity (Wildman–Crippen MR) is 146 cm³/mol. The van der Waals surface area contributed by atoms with Gasteiger partial charge >= 0.3 is 17.9 Å². The number of thioether (sulfide) groups is 1. The van der Waals surface area contributed by atoms with Crippen LogP contribution >= 0.6 is 46.6 Å². The third-order valence-electron chi connectivity index (χ3n) is 2.51. The predicted octanol–water partition coefficient (Wildman–Crippen LogP) is 2.18. The summed E-state index contributed by atoms with van der Waals surface area (Å²) in [4.78, 5) is 41.4. The molecule has 0 fully saturated rings. The van der Waals surface area contributed by atoms with Gasteiger partial charge in [-0.15, -0.1) is 35.0 Å². The molecule has 0 aromatic rings. The molecule has 11 nitrogen and oxygen atoms in total. The van der Waals surface area contributed by atoms with Gasteiger partial charge in [-0.25, -0.2) is 8.42 Å². The standard InChI is InChI=1S/C7H14O5S.C7H14O3S.C5H9ClO2.C2H2Cl2O/c1-6(2)12-7(9)5-13(10,11)4-3-8;1-6(2)10-7(9)5-11-4-3-8;1-4(2)8-5(7)3-6;3-1-2(4)5/h6,8H,3-5H2,1-2H3;6,8H,3-5H2,1-2H3;4H,3H2,1-2H3;1H2. The number of aliphatic hydroxyl groups excluding tert-OH is 2. The molecule has 0 amide bonds. The second-order valence-electron chi connectivity index (χ2n) is 7.33. The molecule has 0 aliphatic heterocycles. The van der Waals surface area contributed by atoms with Crippen LogP contribution in [0.3, 0.4) is 0 Å². The molecule has 37 heavy (non-hydrogen) atoms. The lowest BCUT2D eigenvalue weighted by Crippen LogP contribution is -2.24. The van der Waals surface area contributed by atoms with Gasteiger partial charge in [-0.3, -0.25) is 19.2 Å². The van der Waals surface area contributed by atoms with Gasteiger partial charge in [-0.05, 0) is 53.1 Å². The van der Waals surface area contributed by atoms with Crippen molar-refractivity contribution in [2.24, 2.45) is 0 Å². The van der Waals surface area contributed by atoms with E-state index in [2.05, 4.69) is 9.47 Å². The maximum absolute atomic E-state index is 11.0. The van der Waals surface area contributed by atoms with Crippen LogP contribution in [-0.4, -0.2) is 108 Å². The Morgan fingerprint density at radius 3 is 1.46 bits per heavy atom. The molecule has 16 heteroatoms. The fourth-order valence-corrected chi connectivity index (χ4v) is 2.92. The maximum Gasteiger partial charge on any atom is 0.321 e. The third kappa shape index (κ3) is 45.5. The molecule has 0 rings (SSSR count). The van der Waals surface area contributed by atoms with E-state index in [4.69, 9.17) is 49.8 Å². The van der Waals surface area contributed by atoms with E-state index in [9.17, 15) is 27.6 Å². The van der Waals surface area contributed by atoms with Crippen molar-refractivity contribution >= 4 is 79.6 Å². The summed E-state index contributed by atoms with van der Waals surface area (Å²) in [5.41, 5.74) is 0. The quantitative estimate of drug-likeness (QED) is 0.0993. The molecule has 2 N–H and O–H groups in total. The Hall–Kier alpha value is -0.830. The van der Waals surface area contributed by atoms with Gasteiger partial charge in [0.05, 0.1) is 48.9 Å². The van der Waals surface area contributed by atoms with E-state index in [0.717, 1.165) is 0 Å². The van der Waals surface area contributed by atoms with Gasteiger partial charge in [0, 0.05) is 5.75 Å². The summed E-state index contributed by atoms with van der Waals surface area (Å²) in [6.07, 6.45) is -0.421. The van der Waals surface area contributed by atoms with Gasteiger partial charge in [0.25, 0.3) is 0 Å². The van der Waals surface area contributed by atoms with Crippen molar-refractivity contribution in [3.63, 3.8) is 0 Å². The van der Waals surface area contributed by atoms with Crippen LogP contribution in [0.15, 0.2) is 0 Å². The zero-order valence-corrected chi connectivity index (χ0v) is 25.8. The van der Waals surface area contributed by atoms with Crippen LogP contribution in [-0.2, 0) is 43.2 Å². The molecule has 0 bridgehead atoms. The second-order valence-corrected chi connectivity index (χ2v) is 11.6. The monoisotopic (exact) mass is 636 g/mol. The molecule has 222 valence electrons. The van der Waals surface area contributed by atoms with Crippen molar-refractivity contribution in [3.8, 4) is 0 Å². The highest BCUT2D eigenvalue weighted by molar-refractivity contribution is 7.99. The Bertz CT molecular complexity index is 717. The number of sulfone groups is 1. The van der Waals surface area contributed by atoms with Crippen molar-refractivity contribution in [3.05, 3.63) is 0 Å². The number of rotatable bonds is 13. The van der Waals surface area contributed by atoms with E-state index in [1.807, 2.05) is 13.8 Å². The summed E-state index contributed by atoms with van der Waals surface area (Å²) in [6.45, 7) is 10.1. The maximum atomic E-state index is 11.0. The molecule has 0 aliphatic rings. The Kier molecular flexibility index (Phi) is 32.9. The topological polar surface area (TPSA) is 171 Å². The van der Waals surface area contributed by atoms with Gasteiger partial charge in [0.15, 0.2) is 9.84 Å². The van der Waals surface area contributed by atoms with Crippen molar-refractivity contribution in [1.29, 1.82) is 0 Å². The Morgan fingerprint density at radius 2 is 1.16 bits per heavy atom. The van der Waals surface area contributed by atoms with E-state index < -0.39 is 39.2 Å². The van der Waals surface area contributed by atoms with Gasteiger partial charge in [0.1, 0.15) is 11.6 Å². The van der Waals surface area contributed by atoms with Gasteiger partial charge in [-0.2, -0.15) is 0 Å². The number of esters is 3.